The number of hydrogen-bond donors (Lipinski definition) is 0. The lowest BCUT2D eigenvalue weighted by atomic mass is 9.82. The lowest BCUT2D eigenvalue weighted by Gasteiger charge is -2.40. The zero-order valence-corrected chi connectivity index (χ0v) is 15.6. The quantitative estimate of drug-likeness (QED) is 0.812. The Bertz CT molecular complexity index is 535. The van der Waals surface area contributed by atoms with Crippen LogP contribution in [0.1, 0.15) is 83.2 Å². The summed E-state index contributed by atoms with van der Waals surface area (Å²) in [5.41, 5.74) is 1.35. The van der Waals surface area contributed by atoms with Crippen molar-refractivity contribution in [2.24, 2.45) is 5.92 Å². The van der Waals surface area contributed by atoms with Gasteiger partial charge in [-0.15, -0.1) is 0 Å². The number of ketones is 1. The lowest BCUT2D eigenvalue weighted by Crippen LogP contribution is -2.43. The van der Waals surface area contributed by atoms with Crippen LogP contribution in [0.15, 0.2) is 12.4 Å². The topological polar surface area (TPSA) is 38.1 Å². The molecule has 134 valence electrons. The minimum atomic E-state index is 0.360. The summed E-state index contributed by atoms with van der Waals surface area (Å²) in [4.78, 5) is 14.0. The monoisotopic (exact) mass is 331 g/mol. The standard InChI is InChI=1S/C20H33N3O/c1-15(2)18-13-21-23(14-18)20-8-10-22(11-9-20)19-6-4-17(5-7-19)12-16(3)24/h13-15,17,19-20H,4-12H2,1-3H3. The van der Waals surface area contributed by atoms with Crippen molar-refractivity contribution in [2.75, 3.05) is 13.1 Å². The predicted octanol–water partition coefficient (Wildman–Crippen LogP) is 4.18. The van der Waals surface area contributed by atoms with E-state index in [1.165, 1.54) is 57.2 Å². The summed E-state index contributed by atoms with van der Waals surface area (Å²) in [7, 11) is 0. The number of hydrogen-bond acceptors (Lipinski definition) is 3. The first-order valence-corrected chi connectivity index (χ1v) is 9.80. The zero-order chi connectivity index (χ0) is 17.1. The first-order chi connectivity index (χ1) is 11.5. The molecule has 0 spiro atoms. The van der Waals surface area contributed by atoms with Gasteiger partial charge >= 0.3 is 0 Å². The summed E-state index contributed by atoms with van der Waals surface area (Å²) in [5.74, 6) is 1.57. The third kappa shape index (κ3) is 4.27. The maximum Gasteiger partial charge on any atom is 0.130 e. The van der Waals surface area contributed by atoms with E-state index < -0.39 is 0 Å². The average molecular weight is 332 g/mol. The van der Waals surface area contributed by atoms with Crippen LogP contribution < -0.4 is 0 Å². The molecule has 1 aliphatic carbocycles. The Balaban J connectivity index is 1.46. The minimum absolute atomic E-state index is 0.360. The first kappa shape index (κ1) is 17.7. The molecule has 0 unspecified atom stereocenters. The van der Waals surface area contributed by atoms with Crippen molar-refractivity contribution >= 4 is 5.78 Å². The number of aromatic nitrogens is 2. The molecule has 2 fully saturated rings. The van der Waals surface area contributed by atoms with Gasteiger partial charge in [0.05, 0.1) is 12.2 Å². The van der Waals surface area contributed by atoms with Crippen LogP contribution in [0.5, 0.6) is 0 Å². The van der Waals surface area contributed by atoms with Crippen molar-refractivity contribution in [3.05, 3.63) is 18.0 Å². The van der Waals surface area contributed by atoms with E-state index in [1.54, 1.807) is 6.92 Å². The van der Waals surface area contributed by atoms with Crippen molar-refractivity contribution in [3.8, 4) is 0 Å². The molecular formula is C20H33N3O. The van der Waals surface area contributed by atoms with E-state index in [4.69, 9.17) is 0 Å². The van der Waals surface area contributed by atoms with Crippen molar-refractivity contribution < 1.29 is 4.79 Å². The fourth-order valence-electron chi connectivity index (χ4n) is 4.49. The highest BCUT2D eigenvalue weighted by Gasteiger charge is 2.30. The van der Waals surface area contributed by atoms with Crippen LogP contribution in [0, 0.1) is 5.92 Å². The van der Waals surface area contributed by atoms with Crippen LogP contribution in [0.2, 0.25) is 0 Å². The normalized spacial score (nSPS) is 26.8. The summed E-state index contributed by atoms with van der Waals surface area (Å²) in [6, 6.07) is 1.32. The Morgan fingerprint density at radius 1 is 1.12 bits per heavy atom. The van der Waals surface area contributed by atoms with E-state index in [9.17, 15) is 4.79 Å². The highest BCUT2D eigenvalue weighted by molar-refractivity contribution is 5.75. The molecule has 3 rings (SSSR count). The largest absolute Gasteiger partial charge is 0.300 e. The lowest BCUT2D eigenvalue weighted by molar-refractivity contribution is -0.118. The molecule has 2 heterocycles. The number of likely N-dealkylation sites (tertiary alicyclic amines) is 1. The van der Waals surface area contributed by atoms with Crippen molar-refractivity contribution in [3.63, 3.8) is 0 Å². The number of nitrogens with zero attached hydrogens (tertiary/aromatic N) is 3. The van der Waals surface area contributed by atoms with Crippen LogP contribution in [-0.2, 0) is 4.79 Å². The van der Waals surface area contributed by atoms with Gasteiger partial charge < -0.3 is 9.69 Å². The molecule has 0 N–H and O–H groups in total. The zero-order valence-electron chi connectivity index (χ0n) is 15.6. The summed E-state index contributed by atoms with van der Waals surface area (Å²) in [6.45, 7) is 8.59. The second-order valence-corrected chi connectivity index (χ2v) is 8.26. The summed E-state index contributed by atoms with van der Waals surface area (Å²) >= 11 is 0. The number of carbonyl (C=O) groups is 1. The van der Waals surface area contributed by atoms with Crippen molar-refractivity contribution in [1.29, 1.82) is 0 Å². The molecule has 4 nitrogen and oxygen atoms in total. The molecule has 1 saturated carbocycles. The van der Waals surface area contributed by atoms with Crippen LogP contribution in [0.25, 0.3) is 0 Å². The van der Waals surface area contributed by atoms with E-state index in [0.717, 1.165) is 12.5 Å². The molecular weight excluding hydrogens is 298 g/mol. The van der Waals surface area contributed by atoms with Gasteiger partial charge in [-0.3, -0.25) is 4.68 Å². The van der Waals surface area contributed by atoms with Gasteiger partial charge in [-0.25, -0.2) is 0 Å². The van der Waals surface area contributed by atoms with Gasteiger partial charge in [0.25, 0.3) is 0 Å². The van der Waals surface area contributed by atoms with Gasteiger partial charge in [0.1, 0.15) is 5.78 Å². The van der Waals surface area contributed by atoms with Crippen LogP contribution >= 0.6 is 0 Å². The van der Waals surface area contributed by atoms with E-state index in [0.29, 0.717) is 23.7 Å². The molecule has 2 aliphatic rings. The van der Waals surface area contributed by atoms with Crippen molar-refractivity contribution in [2.45, 2.75) is 83.7 Å². The number of carbonyl (C=O) groups excluding carboxylic acids is 1. The third-order valence-corrected chi connectivity index (χ3v) is 6.07. The van der Waals surface area contributed by atoms with E-state index in [-0.39, 0.29) is 0 Å². The fourth-order valence-corrected chi connectivity index (χ4v) is 4.49. The molecule has 0 aromatic carbocycles. The molecule has 24 heavy (non-hydrogen) atoms. The molecule has 0 radical (unpaired) electrons. The molecule has 0 amide bonds. The van der Waals surface area contributed by atoms with Crippen LogP contribution in [0.4, 0.5) is 0 Å². The molecule has 0 bridgehead atoms. The predicted molar refractivity (Wildman–Crippen MR) is 97.2 cm³/mol. The second-order valence-electron chi connectivity index (χ2n) is 8.26. The second kappa shape index (κ2) is 7.81. The van der Waals surface area contributed by atoms with Crippen molar-refractivity contribution in [1.82, 2.24) is 14.7 Å². The highest BCUT2D eigenvalue weighted by atomic mass is 16.1. The van der Waals surface area contributed by atoms with E-state index >= 15 is 0 Å². The minimum Gasteiger partial charge on any atom is -0.300 e. The number of Topliss-reactive ketones (excluding diaryl/α,β-unsaturated/α-hetero) is 1. The third-order valence-electron chi connectivity index (χ3n) is 6.07. The molecule has 4 heteroatoms. The maximum atomic E-state index is 11.3. The van der Waals surface area contributed by atoms with Crippen LogP contribution in [0.3, 0.4) is 0 Å². The van der Waals surface area contributed by atoms with Gasteiger partial charge in [0.15, 0.2) is 0 Å². The van der Waals surface area contributed by atoms with Gasteiger partial charge in [-0.1, -0.05) is 13.8 Å². The highest BCUT2D eigenvalue weighted by Crippen LogP contribution is 2.33. The Labute approximate surface area is 146 Å². The smallest absolute Gasteiger partial charge is 0.130 e. The number of rotatable bonds is 5. The average Bonchev–Trinajstić information content (AvgIpc) is 3.05. The van der Waals surface area contributed by atoms with Gasteiger partial charge in [0.2, 0.25) is 0 Å². The Kier molecular flexibility index (Phi) is 5.75. The van der Waals surface area contributed by atoms with Gasteiger partial charge in [-0.05, 0) is 62.8 Å². The summed E-state index contributed by atoms with van der Waals surface area (Å²) < 4.78 is 2.20. The summed E-state index contributed by atoms with van der Waals surface area (Å²) in [6.07, 6.45) is 12.5. The Morgan fingerprint density at radius 3 is 2.33 bits per heavy atom. The SMILES string of the molecule is CC(=O)CC1CCC(N2CCC(n3cc(C(C)C)cn3)CC2)CC1. The number of piperidine rings is 1. The molecule has 1 saturated heterocycles. The molecule has 1 aromatic heterocycles. The van der Waals surface area contributed by atoms with Gasteiger partial charge in [0, 0.05) is 31.7 Å². The Morgan fingerprint density at radius 2 is 1.79 bits per heavy atom. The Hall–Kier alpha value is -1.16. The molecule has 1 aliphatic heterocycles. The molecule has 1 aromatic rings. The maximum absolute atomic E-state index is 11.3. The molecule has 0 atom stereocenters. The summed E-state index contributed by atoms with van der Waals surface area (Å²) in [5, 5.41) is 4.60. The fraction of sp³-hybridized carbons (Fsp3) is 0.800. The van der Waals surface area contributed by atoms with Crippen LogP contribution in [-0.4, -0.2) is 39.6 Å². The van der Waals surface area contributed by atoms with E-state index in [2.05, 4.69) is 34.7 Å². The van der Waals surface area contributed by atoms with Gasteiger partial charge in [-0.2, -0.15) is 5.10 Å². The first-order valence-electron chi connectivity index (χ1n) is 9.80. The van der Waals surface area contributed by atoms with E-state index in [1.807, 2.05) is 6.20 Å².